The molecule has 0 aliphatic heterocycles. The van der Waals surface area contributed by atoms with Gasteiger partial charge in [-0.1, -0.05) is 248 Å². The van der Waals surface area contributed by atoms with Gasteiger partial charge in [0.1, 0.15) is 13.2 Å². The molecule has 0 bridgehead atoms. The highest BCUT2D eigenvalue weighted by molar-refractivity contribution is 5.71. The lowest BCUT2D eigenvalue weighted by molar-refractivity contribution is -0.870. The molecule has 1 N–H and O–H groups in total. The number of carbonyl (C=O) groups excluding carboxylic acids is 2. The number of esters is 2. The largest absolute Gasteiger partial charge is 0.477 e. The lowest BCUT2D eigenvalue weighted by atomic mass is 10.0. The maximum Gasteiger partial charge on any atom is 0.361 e. The SMILES string of the molecule is CC/C=C\C/C=C\C/C=C\C/C=C\C/C=C\CCCCCCCCCCCC(=O)OC(COC(=O)CCCCCCCCCCCCCCCCCCCCCCC)COC(OCC[N+](C)(C)C)C(=O)O. The van der Waals surface area contributed by atoms with Crippen molar-refractivity contribution in [1.29, 1.82) is 0 Å². The van der Waals surface area contributed by atoms with Crippen molar-refractivity contribution >= 4 is 17.9 Å². The first-order chi connectivity index (χ1) is 34.6. The molecule has 2 unspecified atom stereocenters. The van der Waals surface area contributed by atoms with E-state index in [0.29, 0.717) is 23.9 Å². The minimum absolute atomic E-state index is 0.183. The minimum Gasteiger partial charge on any atom is -0.477 e. The van der Waals surface area contributed by atoms with Gasteiger partial charge in [-0.05, 0) is 57.8 Å². The number of hydrogen-bond acceptors (Lipinski definition) is 7. The summed E-state index contributed by atoms with van der Waals surface area (Å²) in [5, 5.41) is 9.71. The number of ether oxygens (including phenoxy) is 4. The molecule has 0 aromatic rings. The van der Waals surface area contributed by atoms with E-state index in [2.05, 4.69) is 74.6 Å². The Morgan fingerprint density at radius 3 is 1.20 bits per heavy atom. The molecule has 0 aliphatic rings. The van der Waals surface area contributed by atoms with Gasteiger partial charge in [0, 0.05) is 12.8 Å². The molecule has 2 atom stereocenters. The summed E-state index contributed by atoms with van der Waals surface area (Å²) in [6, 6.07) is 0. The second-order valence-corrected chi connectivity index (χ2v) is 20.9. The first-order valence-electron chi connectivity index (χ1n) is 29.5. The van der Waals surface area contributed by atoms with Crippen molar-refractivity contribution in [3.8, 4) is 0 Å². The van der Waals surface area contributed by atoms with Crippen molar-refractivity contribution in [1.82, 2.24) is 0 Å². The molecule has 0 fully saturated rings. The number of carboxylic acid groups (broad SMARTS) is 1. The van der Waals surface area contributed by atoms with E-state index < -0.39 is 24.3 Å². The van der Waals surface area contributed by atoms with Crippen molar-refractivity contribution in [2.45, 2.75) is 270 Å². The molecule has 0 saturated carbocycles. The third kappa shape index (κ3) is 54.6. The summed E-state index contributed by atoms with van der Waals surface area (Å²) in [5.74, 6) is -2.00. The second-order valence-electron chi connectivity index (χ2n) is 20.9. The highest BCUT2D eigenvalue weighted by atomic mass is 16.7. The van der Waals surface area contributed by atoms with E-state index in [1.54, 1.807) is 0 Å². The van der Waals surface area contributed by atoms with E-state index >= 15 is 0 Å². The van der Waals surface area contributed by atoms with Crippen LogP contribution in [-0.2, 0) is 33.3 Å². The summed E-state index contributed by atoms with van der Waals surface area (Å²) in [5.41, 5.74) is 0. The molecule has 71 heavy (non-hydrogen) atoms. The average Bonchev–Trinajstić information content (AvgIpc) is 3.34. The van der Waals surface area contributed by atoms with E-state index in [-0.39, 0.29) is 32.2 Å². The van der Waals surface area contributed by atoms with Gasteiger partial charge in [0.05, 0.1) is 34.4 Å². The molecule has 0 rings (SSSR count). The van der Waals surface area contributed by atoms with Crippen LogP contribution in [0, 0.1) is 0 Å². The van der Waals surface area contributed by atoms with Crippen molar-refractivity contribution < 1.29 is 42.9 Å². The van der Waals surface area contributed by atoms with E-state index in [9.17, 15) is 19.5 Å². The lowest BCUT2D eigenvalue weighted by Crippen LogP contribution is -2.40. The Bertz CT molecular complexity index is 1350. The predicted octanol–water partition coefficient (Wildman–Crippen LogP) is 17.2. The quantitative estimate of drug-likeness (QED) is 0.0211. The number of hydrogen-bond donors (Lipinski definition) is 1. The Morgan fingerprint density at radius 2 is 0.803 bits per heavy atom. The molecule has 0 aliphatic carbocycles. The molecule has 9 heteroatoms. The average molecular weight is 1000 g/mol. The van der Waals surface area contributed by atoms with Crippen LogP contribution in [0.25, 0.3) is 0 Å². The first kappa shape index (κ1) is 68.0. The van der Waals surface area contributed by atoms with Gasteiger partial charge in [-0.15, -0.1) is 0 Å². The van der Waals surface area contributed by atoms with Gasteiger partial charge in [0.15, 0.2) is 6.10 Å². The van der Waals surface area contributed by atoms with Crippen LogP contribution < -0.4 is 0 Å². The number of quaternary nitrogens is 1. The molecule has 0 heterocycles. The number of carboxylic acids is 1. The maximum atomic E-state index is 12.9. The van der Waals surface area contributed by atoms with Gasteiger partial charge < -0.3 is 28.5 Å². The number of allylic oxidation sites excluding steroid dienone is 10. The van der Waals surface area contributed by atoms with E-state index in [0.717, 1.165) is 77.0 Å². The number of carbonyl (C=O) groups is 3. The summed E-state index contributed by atoms with van der Waals surface area (Å²) in [6.45, 7) is 4.79. The maximum absolute atomic E-state index is 12.9. The summed E-state index contributed by atoms with van der Waals surface area (Å²) >= 11 is 0. The van der Waals surface area contributed by atoms with Crippen LogP contribution in [0.2, 0.25) is 0 Å². The molecule has 0 saturated heterocycles. The second kappa shape index (κ2) is 53.3. The first-order valence-corrected chi connectivity index (χ1v) is 29.5. The lowest BCUT2D eigenvalue weighted by Gasteiger charge is -2.25. The number of likely N-dealkylation sites (N-methyl/N-ethyl adjacent to an activating group) is 1. The van der Waals surface area contributed by atoms with Gasteiger partial charge in [-0.2, -0.15) is 0 Å². The van der Waals surface area contributed by atoms with Gasteiger partial charge in [0.2, 0.25) is 0 Å². The van der Waals surface area contributed by atoms with Crippen LogP contribution in [0.4, 0.5) is 0 Å². The molecular weight excluding hydrogens is 887 g/mol. The third-order valence-electron chi connectivity index (χ3n) is 12.8. The molecule has 412 valence electrons. The smallest absolute Gasteiger partial charge is 0.361 e. The zero-order chi connectivity index (χ0) is 52.0. The van der Waals surface area contributed by atoms with Crippen LogP contribution in [0.1, 0.15) is 258 Å². The zero-order valence-corrected chi connectivity index (χ0v) is 46.9. The minimum atomic E-state index is -1.51. The highest BCUT2D eigenvalue weighted by Gasteiger charge is 2.25. The van der Waals surface area contributed by atoms with Crippen LogP contribution >= 0.6 is 0 Å². The summed E-state index contributed by atoms with van der Waals surface area (Å²) in [6.07, 6.45) is 64.4. The molecule has 0 aromatic carbocycles. The van der Waals surface area contributed by atoms with Crippen LogP contribution in [0.3, 0.4) is 0 Å². The normalized spacial score (nSPS) is 13.2. The number of rotatable bonds is 54. The Hall–Kier alpha value is -3.01. The molecule has 0 amide bonds. The molecule has 0 radical (unpaired) electrons. The van der Waals surface area contributed by atoms with Crippen LogP contribution in [0.5, 0.6) is 0 Å². The number of unbranched alkanes of at least 4 members (excludes halogenated alkanes) is 29. The molecular formula is C62H112NO8+. The standard InChI is InChI=1S/C62H111NO8/c1-6-8-10-12-14-16-18-20-22-24-26-28-29-30-31-33-35-37-39-41-43-45-47-49-51-53-60(65)71-58(57-70-62(61(66)67)68-55-54-63(3,4)5)56-69-59(64)52-50-48-46-44-42-40-38-36-34-32-27-25-23-21-19-17-15-13-11-9-7-2/h8,10,14,16,20,22,26,28,30-31,58,62H,6-7,9,11-13,15,17-19,21,23-25,27,29,32-57H2,1-5H3/p+1/b10-8-,16-14-,22-20-,28-26-,31-30-. The van der Waals surface area contributed by atoms with E-state index in [1.165, 1.54) is 148 Å². The van der Waals surface area contributed by atoms with Crippen molar-refractivity contribution in [3.05, 3.63) is 60.8 Å². The van der Waals surface area contributed by atoms with Gasteiger partial charge in [0.25, 0.3) is 6.29 Å². The Labute approximate surface area is 437 Å². The Kier molecular flexibility index (Phi) is 51.0. The van der Waals surface area contributed by atoms with Gasteiger partial charge in [-0.3, -0.25) is 9.59 Å². The fraction of sp³-hybridized carbons (Fsp3) is 0.790. The zero-order valence-electron chi connectivity index (χ0n) is 46.9. The van der Waals surface area contributed by atoms with E-state index in [4.69, 9.17) is 18.9 Å². The van der Waals surface area contributed by atoms with Crippen molar-refractivity contribution in [2.75, 3.05) is 47.5 Å². The van der Waals surface area contributed by atoms with Gasteiger partial charge >= 0.3 is 17.9 Å². The Morgan fingerprint density at radius 1 is 0.437 bits per heavy atom. The summed E-state index contributed by atoms with van der Waals surface area (Å²) in [4.78, 5) is 37.4. The van der Waals surface area contributed by atoms with Crippen LogP contribution in [0.15, 0.2) is 60.8 Å². The Balaban J connectivity index is 4.25. The number of nitrogens with zero attached hydrogens (tertiary/aromatic N) is 1. The third-order valence-corrected chi connectivity index (χ3v) is 12.8. The van der Waals surface area contributed by atoms with Crippen molar-refractivity contribution in [2.24, 2.45) is 0 Å². The molecule has 0 spiro atoms. The highest BCUT2D eigenvalue weighted by Crippen LogP contribution is 2.17. The van der Waals surface area contributed by atoms with Crippen molar-refractivity contribution in [3.63, 3.8) is 0 Å². The van der Waals surface area contributed by atoms with Crippen LogP contribution in [-0.4, -0.2) is 87.4 Å². The monoisotopic (exact) mass is 999 g/mol. The summed E-state index contributed by atoms with van der Waals surface area (Å²) in [7, 11) is 5.97. The molecule has 0 aromatic heterocycles. The predicted molar refractivity (Wildman–Crippen MR) is 300 cm³/mol. The topological polar surface area (TPSA) is 108 Å². The fourth-order valence-electron chi connectivity index (χ4n) is 8.28. The van der Waals surface area contributed by atoms with E-state index in [1.807, 2.05) is 21.1 Å². The molecule has 9 nitrogen and oxygen atoms in total. The van der Waals surface area contributed by atoms with Gasteiger partial charge in [-0.25, -0.2) is 4.79 Å². The summed E-state index contributed by atoms with van der Waals surface area (Å²) < 4.78 is 22.9. The number of aliphatic carboxylic acids is 1. The fourth-order valence-corrected chi connectivity index (χ4v) is 8.28.